The lowest BCUT2D eigenvalue weighted by Crippen LogP contribution is -2.33. The zero-order chi connectivity index (χ0) is 18.3. The Labute approximate surface area is 155 Å². The fourth-order valence-corrected chi connectivity index (χ4v) is 3.18. The maximum Gasteiger partial charge on any atom is 0.206 e. The van der Waals surface area contributed by atoms with Crippen LogP contribution < -0.4 is 5.32 Å². The first kappa shape index (κ1) is 18.7. The van der Waals surface area contributed by atoms with E-state index in [2.05, 4.69) is 24.1 Å². The quantitative estimate of drug-likeness (QED) is 0.624. The lowest BCUT2D eigenvalue weighted by atomic mass is 10.1. The number of anilines is 1. The minimum atomic E-state index is -1.22. The molecule has 0 amide bonds. The predicted molar refractivity (Wildman–Crippen MR) is 96.1 cm³/mol. The number of imidazole rings is 1. The average molecular weight is 390 g/mol. The molecule has 1 fully saturated rings. The highest BCUT2D eigenvalue weighted by atomic mass is 35.5. The molecule has 9 heteroatoms. The summed E-state index contributed by atoms with van der Waals surface area (Å²) >= 11 is 12.2. The SMILES string of the molecule is CC(C)CNc1nc2cc(Cl)c(Cl)cc2n1[C@H]1O[C@@H](CO)[C@H](O)[C@@H]1O. The third-order valence-corrected chi connectivity index (χ3v) is 4.89. The highest BCUT2D eigenvalue weighted by Gasteiger charge is 2.44. The number of ether oxygens (including phenoxy) is 1. The molecule has 25 heavy (non-hydrogen) atoms. The minimum absolute atomic E-state index is 0.345. The van der Waals surface area contributed by atoms with E-state index < -0.39 is 31.1 Å². The Morgan fingerprint density at radius 3 is 2.52 bits per heavy atom. The number of halogens is 2. The average Bonchev–Trinajstić information content (AvgIpc) is 3.04. The number of nitrogens with one attached hydrogen (secondary N) is 1. The van der Waals surface area contributed by atoms with E-state index in [1.54, 1.807) is 16.7 Å². The smallest absolute Gasteiger partial charge is 0.206 e. The van der Waals surface area contributed by atoms with E-state index in [0.717, 1.165) is 0 Å². The molecule has 7 nitrogen and oxygen atoms in total. The Balaban J connectivity index is 2.10. The molecule has 1 aliphatic rings. The van der Waals surface area contributed by atoms with E-state index in [4.69, 9.17) is 27.9 Å². The second-order valence-corrected chi connectivity index (χ2v) is 7.38. The highest BCUT2D eigenvalue weighted by Crippen LogP contribution is 2.37. The minimum Gasteiger partial charge on any atom is -0.394 e. The van der Waals surface area contributed by atoms with Crippen molar-refractivity contribution in [2.45, 2.75) is 38.4 Å². The van der Waals surface area contributed by atoms with Gasteiger partial charge in [-0.2, -0.15) is 0 Å². The number of rotatable bonds is 5. The van der Waals surface area contributed by atoms with Gasteiger partial charge in [0, 0.05) is 6.54 Å². The van der Waals surface area contributed by atoms with Gasteiger partial charge in [0.2, 0.25) is 5.95 Å². The van der Waals surface area contributed by atoms with Crippen LogP contribution in [0.1, 0.15) is 20.1 Å². The molecule has 3 rings (SSSR count). The summed E-state index contributed by atoms with van der Waals surface area (Å²) in [6, 6.07) is 3.28. The summed E-state index contributed by atoms with van der Waals surface area (Å²) in [5.41, 5.74) is 1.19. The second kappa shape index (κ2) is 7.26. The monoisotopic (exact) mass is 389 g/mol. The van der Waals surface area contributed by atoms with Gasteiger partial charge in [-0.05, 0) is 18.1 Å². The Morgan fingerprint density at radius 1 is 1.24 bits per heavy atom. The molecule has 2 aromatic rings. The van der Waals surface area contributed by atoms with Crippen LogP contribution in [0, 0.1) is 5.92 Å². The van der Waals surface area contributed by atoms with Gasteiger partial charge in [0.05, 0.1) is 27.7 Å². The molecule has 1 aliphatic heterocycles. The Bertz CT molecular complexity index is 767. The van der Waals surface area contributed by atoms with Crippen LogP contribution in [-0.2, 0) is 4.74 Å². The van der Waals surface area contributed by atoms with Gasteiger partial charge >= 0.3 is 0 Å². The molecule has 0 radical (unpaired) electrons. The summed E-state index contributed by atoms with van der Waals surface area (Å²) in [7, 11) is 0. The largest absolute Gasteiger partial charge is 0.394 e. The van der Waals surface area contributed by atoms with Crippen molar-refractivity contribution in [3.05, 3.63) is 22.2 Å². The van der Waals surface area contributed by atoms with Gasteiger partial charge in [0.25, 0.3) is 0 Å². The number of benzene rings is 1. The van der Waals surface area contributed by atoms with Crippen LogP contribution in [-0.4, -0.2) is 56.3 Å². The molecule has 0 aliphatic carbocycles. The molecule has 0 saturated carbocycles. The maximum absolute atomic E-state index is 10.4. The van der Waals surface area contributed by atoms with Crippen molar-refractivity contribution in [3.63, 3.8) is 0 Å². The Hall–Kier alpha value is -1.09. The van der Waals surface area contributed by atoms with E-state index in [1.165, 1.54) is 0 Å². The molecule has 2 heterocycles. The van der Waals surface area contributed by atoms with Crippen molar-refractivity contribution in [2.24, 2.45) is 5.92 Å². The summed E-state index contributed by atoms with van der Waals surface area (Å²) in [6.07, 6.45) is -4.21. The van der Waals surface area contributed by atoms with E-state index in [0.29, 0.717) is 39.5 Å². The summed E-state index contributed by atoms with van der Waals surface area (Å²) in [5.74, 6) is 0.836. The van der Waals surface area contributed by atoms with E-state index in [9.17, 15) is 15.3 Å². The Morgan fingerprint density at radius 2 is 1.92 bits per heavy atom. The number of hydrogen-bond acceptors (Lipinski definition) is 6. The standard InChI is InChI=1S/C16H21Cl2N3O4/c1-7(2)5-19-16-20-10-3-8(17)9(18)4-11(10)21(16)15-14(24)13(23)12(6-22)25-15/h3-4,7,12-15,22-24H,5-6H2,1-2H3,(H,19,20)/t12-,13-,14-,15-/m0/s1. The van der Waals surface area contributed by atoms with E-state index in [-0.39, 0.29) is 0 Å². The number of aliphatic hydroxyl groups excluding tert-OH is 3. The molecular formula is C16H21Cl2N3O4. The van der Waals surface area contributed by atoms with Gasteiger partial charge in [0.1, 0.15) is 18.3 Å². The summed E-state index contributed by atoms with van der Waals surface area (Å²) in [6.45, 7) is 4.36. The van der Waals surface area contributed by atoms with Crippen LogP contribution in [0.15, 0.2) is 12.1 Å². The third-order valence-electron chi connectivity index (χ3n) is 4.17. The number of fused-ring (bicyclic) bond motifs is 1. The molecular weight excluding hydrogens is 369 g/mol. The zero-order valence-electron chi connectivity index (χ0n) is 13.9. The first-order valence-corrected chi connectivity index (χ1v) is 8.82. The van der Waals surface area contributed by atoms with Crippen LogP contribution >= 0.6 is 23.2 Å². The highest BCUT2D eigenvalue weighted by molar-refractivity contribution is 6.42. The van der Waals surface area contributed by atoms with Crippen LogP contribution in [0.25, 0.3) is 11.0 Å². The second-order valence-electron chi connectivity index (χ2n) is 6.56. The first-order chi connectivity index (χ1) is 11.8. The molecule has 4 N–H and O–H groups in total. The molecule has 1 aromatic heterocycles. The molecule has 0 spiro atoms. The molecule has 1 saturated heterocycles. The van der Waals surface area contributed by atoms with Crippen LogP contribution in [0.4, 0.5) is 5.95 Å². The van der Waals surface area contributed by atoms with Gasteiger partial charge in [-0.3, -0.25) is 4.57 Å². The molecule has 1 aromatic carbocycles. The van der Waals surface area contributed by atoms with E-state index in [1.807, 2.05) is 0 Å². The fraction of sp³-hybridized carbons (Fsp3) is 0.562. The van der Waals surface area contributed by atoms with Gasteiger partial charge in [0.15, 0.2) is 6.23 Å². The summed E-state index contributed by atoms with van der Waals surface area (Å²) < 4.78 is 7.30. The van der Waals surface area contributed by atoms with E-state index >= 15 is 0 Å². The lowest BCUT2D eigenvalue weighted by Gasteiger charge is -2.21. The van der Waals surface area contributed by atoms with Crippen molar-refractivity contribution in [2.75, 3.05) is 18.5 Å². The lowest BCUT2D eigenvalue weighted by molar-refractivity contribution is -0.0499. The van der Waals surface area contributed by atoms with Gasteiger partial charge in [-0.25, -0.2) is 4.98 Å². The van der Waals surface area contributed by atoms with Gasteiger partial charge < -0.3 is 25.4 Å². The van der Waals surface area contributed by atoms with Crippen molar-refractivity contribution >= 4 is 40.2 Å². The maximum atomic E-state index is 10.4. The zero-order valence-corrected chi connectivity index (χ0v) is 15.4. The third kappa shape index (κ3) is 3.45. The topological polar surface area (TPSA) is 99.8 Å². The summed E-state index contributed by atoms with van der Waals surface area (Å²) in [4.78, 5) is 4.52. The number of nitrogens with zero attached hydrogens (tertiary/aromatic N) is 2. The predicted octanol–water partition coefficient (Wildman–Crippen LogP) is 2.02. The Kier molecular flexibility index (Phi) is 5.43. The fourth-order valence-electron chi connectivity index (χ4n) is 2.86. The molecule has 0 bridgehead atoms. The molecule has 138 valence electrons. The van der Waals surface area contributed by atoms with Gasteiger partial charge in [-0.1, -0.05) is 37.0 Å². The van der Waals surface area contributed by atoms with Crippen molar-refractivity contribution in [3.8, 4) is 0 Å². The van der Waals surface area contributed by atoms with Crippen molar-refractivity contribution in [1.82, 2.24) is 9.55 Å². The molecule has 0 unspecified atom stereocenters. The summed E-state index contributed by atoms with van der Waals surface area (Å²) in [5, 5.41) is 33.7. The van der Waals surface area contributed by atoms with Crippen LogP contribution in [0.2, 0.25) is 10.0 Å². The number of aliphatic hydroxyl groups is 3. The van der Waals surface area contributed by atoms with Gasteiger partial charge in [-0.15, -0.1) is 0 Å². The normalized spacial score (nSPS) is 26.7. The van der Waals surface area contributed by atoms with Crippen LogP contribution in [0.5, 0.6) is 0 Å². The number of aromatic nitrogens is 2. The number of hydrogen-bond donors (Lipinski definition) is 4. The van der Waals surface area contributed by atoms with Crippen molar-refractivity contribution in [1.29, 1.82) is 0 Å². The molecule has 4 atom stereocenters. The van der Waals surface area contributed by atoms with Crippen LogP contribution in [0.3, 0.4) is 0 Å². The first-order valence-electron chi connectivity index (χ1n) is 8.06. The van der Waals surface area contributed by atoms with Crippen molar-refractivity contribution < 1.29 is 20.1 Å².